The second-order valence-corrected chi connectivity index (χ2v) is 15.6. The van der Waals surface area contributed by atoms with Crippen LogP contribution in [0.3, 0.4) is 0 Å². The van der Waals surface area contributed by atoms with Crippen molar-refractivity contribution in [1.29, 1.82) is 0 Å². The monoisotopic (exact) mass is 754 g/mol. The van der Waals surface area contributed by atoms with Gasteiger partial charge in [-0.05, 0) is 81.6 Å². The molecular formula is C56H38N2O. The van der Waals surface area contributed by atoms with Crippen LogP contribution in [0.4, 0.5) is 28.4 Å². The molecule has 1 aliphatic carbocycles. The lowest BCUT2D eigenvalue weighted by atomic mass is 9.90. The molecule has 1 aliphatic heterocycles. The van der Waals surface area contributed by atoms with Crippen LogP contribution in [-0.2, 0) is 0 Å². The highest BCUT2D eigenvalue weighted by atomic mass is 16.3. The van der Waals surface area contributed by atoms with Crippen molar-refractivity contribution in [1.82, 2.24) is 0 Å². The summed E-state index contributed by atoms with van der Waals surface area (Å²) in [7, 11) is 0. The highest BCUT2D eigenvalue weighted by molar-refractivity contribution is 6.12. The van der Waals surface area contributed by atoms with E-state index < -0.39 is 0 Å². The fourth-order valence-electron chi connectivity index (χ4n) is 9.62. The Balaban J connectivity index is 1.04. The highest BCUT2D eigenvalue weighted by Crippen LogP contribution is 2.51. The summed E-state index contributed by atoms with van der Waals surface area (Å²) in [5, 5.41) is 7.06. The Morgan fingerprint density at radius 1 is 0.458 bits per heavy atom. The quantitative estimate of drug-likeness (QED) is 0.169. The van der Waals surface area contributed by atoms with Gasteiger partial charge in [-0.1, -0.05) is 170 Å². The molecule has 1 aromatic heterocycles. The Morgan fingerprint density at radius 2 is 1.08 bits per heavy atom. The van der Waals surface area contributed by atoms with Gasteiger partial charge in [0, 0.05) is 50.1 Å². The maximum Gasteiger partial charge on any atom is 0.143 e. The summed E-state index contributed by atoms with van der Waals surface area (Å²) in [6.07, 6.45) is 9.10. The van der Waals surface area contributed by atoms with Crippen LogP contribution < -0.4 is 9.80 Å². The molecule has 0 saturated carbocycles. The van der Waals surface area contributed by atoms with Crippen LogP contribution in [0.25, 0.3) is 65.7 Å². The number of rotatable bonds is 6. The Labute approximate surface area is 343 Å². The zero-order valence-electron chi connectivity index (χ0n) is 32.2. The van der Waals surface area contributed by atoms with Gasteiger partial charge in [-0.15, -0.1) is 0 Å². The Hall–Kier alpha value is -7.62. The minimum Gasteiger partial charge on any atom is -0.455 e. The van der Waals surface area contributed by atoms with E-state index in [0.29, 0.717) is 0 Å². The minimum absolute atomic E-state index is 0.154. The maximum atomic E-state index is 6.77. The number of para-hydroxylation sites is 1. The number of fused-ring (bicyclic) bond motifs is 8. The number of allylic oxidation sites excluding steroid dienone is 2. The molecule has 0 N–H and O–H groups in total. The van der Waals surface area contributed by atoms with Crippen molar-refractivity contribution in [2.45, 2.75) is 12.0 Å². The molecule has 12 rings (SSSR count). The summed E-state index contributed by atoms with van der Waals surface area (Å²) in [6.45, 7) is 0. The third kappa shape index (κ3) is 5.43. The predicted molar refractivity (Wildman–Crippen MR) is 248 cm³/mol. The van der Waals surface area contributed by atoms with Gasteiger partial charge in [-0.25, -0.2) is 0 Å². The van der Waals surface area contributed by atoms with Crippen LogP contribution in [0.1, 0.15) is 11.5 Å². The fraction of sp³-hybridized carbons (Fsp3) is 0.0357. The summed E-state index contributed by atoms with van der Waals surface area (Å²) in [5.74, 6) is 0.258. The number of anilines is 5. The van der Waals surface area contributed by atoms with Crippen molar-refractivity contribution in [3.8, 4) is 22.3 Å². The van der Waals surface area contributed by atoms with Gasteiger partial charge >= 0.3 is 0 Å². The third-order valence-electron chi connectivity index (χ3n) is 12.4. The molecule has 2 aliphatic rings. The summed E-state index contributed by atoms with van der Waals surface area (Å²) in [4.78, 5) is 4.96. The van der Waals surface area contributed by atoms with E-state index in [1.165, 1.54) is 43.9 Å². The lowest BCUT2D eigenvalue weighted by Crippen LogP contribution is -2.28. The number of hydrogen-bond donors (Lipinski definition) is 0. The van der Waals surface area contributed by atoms with E-state index in [9.17, 15) is 0 Å². The van der Waals surface area contributed by atoms with Crippen LogP contribution in [0, 0.1) is 0 Å². The first-order chi connectivity index (χ1) is 29.3. The van der Waals surface area contributed by atoms with Gasteiger partial charge < -0.3 is 14.2 Å². The van der Waals surface area contributed by atoms with Gasteiger partial charge in [0.05, 0.1) is 17.4 Å². The molecule has 278 valence electrons. The van der Waals surface area contributed by atoms with Gasteiger partial charge in [0.25, 0.3) is 0 Å². The molecule has 0 saturated heterocycles. The lowest BCUT2D eigenvalue weighted by molar-refractivity contribution is 0.670. The largest absolute Gasteiger partial charge is 0.455 e. The molecule has 0 fully saturated rings. The van der Waals surface area contributed by atoms with Gasteiger partial charge in [0.15, 0.2) is 0 Å². The van der Waals surface area contributed by atoms with Crippen LogP contribution in [0.15, 0.2) is 223 Å². The van der Waals surface area contributed by atoms with Crippen molar-refractivity contribution in [3.63, 3.8) is 0 Å². The second kappa shape index (κ2) is 13.5. The van der Waals surface area contributed by atoms with Crippen molar-refractivity contribution in [3.05, 3.63) is 224 Å². The van der Waals surface area contributed by atoms with E-state index in [1.54, 1.807) is 0 Å². The number of hydrogen-bond acceptors (Lipinski definition) is 3. The van der Waals surface area contributed by atoms with Gasteiger partial charge in [-0.3, -0.25) is 0 Å². The molecule has 0 amide bonds. The average molecular weight is 755 g/mol. The van der Waals surface area contributed by atoms with E-state index in [0.717, 1.165) is 55.8 Å². The Bertz CT molecular complexity index is 3210. The fourth-order valence-corrected chi connectivity index (χ4v) is 9.62. The Morgan fingerprint density at radius 3 is 1.83 bits per heavy atom. The van der Waals surface area contributed by atoms with Gasteiger partial charge in [0.1, 0.15) is 11.2 Å². The normalized spacial score (nSPS) is 15.6. The van der Waals surface area contributed by atoms with E-state index >= 15 is 0 Å². The minimum atomic E-state index is 0.154. The molecule has 0 spiro atoms. The molecule has 10 aromatic rings. The summed E-state index contributed by atoms with van der Waals surface area (Å²) >= 11 is 0. The van der Waals surface area contributed by atoms with E-state index in [-0.39, 0.29) is 12.0 Å². The predicted octanol–water partition coefficient (Wildman–Crippen LogP) is 15.4. The summed E-state index contributed by atoms with van der Waals surface area (Å²) in [5.41, 5.74) is 13.5. The molecule has 2 unspecified atom stereocenters. The molecule has 2 atom stereocenters. The van der Waals surface area contributed by atoms with Crippen LogP contribution in [-0.4, -0.2) is 6.04 Å². The molecule has 0 radical (unpaired) electrons. The molecule has 3 heteroatoms. The first-order valence-electron chi connectivity index (χ1n) is 20.4. The summed E-state index contributed by atoms with van der Waals surface area (Å²) in [6, 6.07) is 70.5. The number of nitrogens with zero attached hydrogens (tertiary/aromatic N) is 2. The van der Waals surface area contributed by atoms with Crippen molar-refractivity contribution in [2.75, 3.05) is 9.80 Å². The van der Waals surface area contributed by atoms with Crippen LogP contribution in [0.5, 0.6) is 0 Å². The smallest absolute Gasteiger partial charge is 0.143 e. The SMILES string of the molecule is C1=CC2c3ccc(-c4ccccc4)cc3N(c3cc(-c4ccc(N(c5cccc6ccccc56)c5cccc6ccccc56)cc4)c4oc5ccccc5c4c3)C2C=C1. The number of benzene rings is 9. The summed E-state index contributed by atoms with van der Waals surface area (Å²) < 4.78 is 6.77. The standard InChI is InChI=1S/C56H38N2O/c1-2-14-37(15-3-1)41-30-33-47-46-22-8-10-24-53(46)58(54(47)34-41)43-35-49(56-50(36-43)48-23-9-11-27-55(48)59-56)40-28-31-42(32-29-40)57(51-25-12-18-38-16-4-6-20-44(38)51)52-26-13-19-39-17-5-7-21-45(39)52/h1-36,46,53H. The van der Waals surface area contributed by atoms with Crippen LogP contribution >= 0.6 is 0 Å². The van der Waals surface area contributed by atoms with Crippen molar-refractivity contribution < 1.29 is 4.42 Å². The molecule has 2 heterocycles. The average Bonchev–Trinajstić information content (AvgIpc) is 3.85. The third-order valence-corrected chi connectivity index (χ3v) is 12.4. The zero-order chi connectivity index (χ0) is 38.9. The first-order valence-corrected chi connectivity index (χ1v) is 20.4. The van der Waals surface area contributed by atoms with Gasteiger partial charge in [-0.2, -0.15) is 0 Å². The zero-order valence-corrected chi connectivity index (χ0v) is 32.2. The highest BCUT2D eigenvalue weighted by Gasteiger charge is 2.38. The molecule has 9 aromatic carbocycles. The van der Waals surface area contributed by atoms with Crippen molar-refractivity contribution in [2.24, 2.45) is 0 Å². The van der Waals surface area contributed by atoms with E-state index in [1.807, 2.05) is 0 Å². The van der Waals surface area contributed by atoms with Crippen molar-refractivity contribution >= 4 is 71.9 Å². The molecule has 0 bridgehead atoms. The molecular weight excluding hydrogens is 717 g/mol. The first kappa shape index (κ1) is 33.5. The molecule has 3 nitrogen and oxygen atoms in total. The van der Waals surface area contributed by atoms with E-state index in [4.69, 9.17) is 4.42 Å². The molecule has 59 heavy (non-hydrogen) atoms. The van der Waals surface area contributed by atoms with Gasteiger partial charge in [0.2, 0.25) is 0 Å². The topological polar surface area (TPSA) is 19.6 Å². The number of furan rings is 1. The maximum absolute atomic E-state index is 6.77. The van der Waals surface area contributed by atoms with Crippen LogP contribution in [0.2, 0.25) is 0 Å². The van der Waals surface area contributed by atoms with E-state index in [2.05, 4.69) is 228 Å². The Kier molecular flexibility index (Phi) is 7.67. The lowest BCUT2D eigenvalue weighted by Gasteiger charge is -2.29. The second-order valence-electron chi connectivity index (χ2n) is 15.6.